The van der Waals surface area contributed by atoms with Crippen molar-refractivity contribution in [2.75, 3.05) is 30.3 Å². The van der Waals surface area contributed by atoms with Crippen LogP contribution in [0.2, 0.25) is 10.0 Å². The summed E-state index contributed by atoms with van der Waals surface area (Å²) in [5.41, 5.74) is 9.35. The number of hydrogen-bond donors (Lipinski definition) is 2. The second kappa shape index (κ2) is 9.28. The number of nitrogens with one attached hydrogen (secondary N) is 3. The van der Waals surface area contributed by atoms with E-state index < -0.39 is 0 Å². The molecule has 0 unspecified atom stereocenters. The molecule has 0 aliphatic carbocycles. The number of nitrogens with zero attached hydrogens (tertiary/aromatic N) is 1. The van der Waals surface area contributed by atoms with Gasteiger partial charge >= 0.3 is 6.03 Å². The predicted molar refractivity (Wildman–Crippen MR) is 112 cm³/mol. The molecule has 3 rings (SSSR count). The summed E-state index contributed by atoms with van der Waals surface area (Å²) in [5.74, 6) is 0.0274. The largest absolute Gasteiger partial charge is 0.325 e. The molecule has 1 radical (unpaired) electrons. The Morgan fingerprint density at radius 2 is 1.61 bits per heavy atom. The molecule has 0 bridgehead atoms. The molecule has 6 nitrogen and oxygen atoms in total. The van der Waals surface area contributed by atoms with Gasteiger partial charge in [-0.2, -0.15) is 0 Å². The minimum absolute atomic E-state index is 0.207. The lowest BCUT2D eigenvalue weighted by molar-refractivity contribution is -0.115. The molecule has 0 spiro atoms. The second-order valence-electron chi connectivity index (χ2n) is 6.64. The molecule has 2 aromatic rings. The van der Waals surface area contributed by atoms with Gasteiger partial charge in [0.2, 0.25) is 5.91 Å². The first-order chi connectivity index (χ1) is 13.5. The van der Waals surface area contributed by atoms with E-state index in [9.17, 15) is 9.59 Å². The smallest absolute Gasteiger partial charge is 0.321 e. The van der Waals surface area contributed by atoms with Crippen LogP contribution in [0.4, 0.5) is 16.2 Å². The van der Waals surface area contributed by atoms with Crippen LogP contribution >= 0.6 is 23.2 Å². The van der Waals surface area contributed by atoms with E-state index in [0.717, 1.165) is 12.8 Å². The van der Waals surface area contributed by atoms with Gasteiger partial charge in [-0.15, -0.1) is 0 Å². The van der Waals surface area contributed by atoms with Crippen LogP contribution in [0.5, 0.6) is 0 Å². The zero-order valence-corrected chi connectivity index (χ0v) is 16.7. The first kappa shape index (κ1) is 20.5. The van der Waals surface area contributed by atoms with Gasteiger partial charge in [-0.3, -0.25) is 4.79 Å². The van der Waals surface area contributed by atoms with Crippen molar-refractivity contribution in [2.45, 2.75) is 18.8 Å². The van der Waals surface area contributed by atoms with E-state index in [-0.39, 0.29) is 18.5 Å². The van der Waals surface area contributed by atoms with Gasteiger partial charge in [0.1, 0.15) is 0 Å². The van der Waals surface area contributed by atoms with Crippen molar-refractivity contribution in [1.82, 2.24) is 10.6 Å². The minimum atomic E-state index is -0.328. The van der Waals surface area contributed by atoms with Gasteiger partial charge in [-0.05, 0) is 48.6 Å². The molecule has 1 aliphatic rings. The summed E-state index contributed by atoms with van der Waals surface area (Å²) in [5, 5.41) is 6.29. The van der Waals surface area contributed by atoms with Crippen LogP contribution in [-0.2, 0) is 4.79 Å². The van der Waals surface area contributed by atoms with Crippen molar-refractivity contribution in [2.24, 2.45) is 0 Å². The highest BCUT2D eigenvalue weighted by molar-refractivity contribution is 6.39. The molecule has 1 saturated heterocycles. The number of anilines is 2. The van der Waals surface area contributed by atoms with E-state index in [0.29, 0.717) is 40.4 Å². The number of piperidine rings is 1. The molecule has 1 heterocycles. The highest BCUT2D eigenvalue weighted by atomic mass is 35.5. The Balaban J connectivity index is 1.55. The predicted octanol–water partition coefficient (Wildman–Crippen LogP) is 4.63. The number of carbonyl (C=O) groups excluding carboxylic acids is 2. The number of hydrogen-bond acceptors (Lipinski definition) is 2. The summed E-state index contributed by atoms with van der Waals surface area (Å²) in [6.07, 6.45) is 1.70. The Kier molecular flexibility index (Phi) is 6.78. The molecule has 1 aliphatic heterocycles. The highest BCUT2D eigenvalue weighted by Gasteiger charge is 2.24. The molecule has 1 fully saturated rings. The second-order valence-corrected chi connectivity index (χ2v) is 7.45. The quantitative estimate of drug-likeness (QED) is 0.756. The number of urea groups is 1. The normalized spacial score (nSPS) is 14.6. The van der Waals surface area contributed by atoms with Gasteiger partial charge in [0.05, 0.1) is 22.3 Å². The highest BCUT2D eigenvalue weighted by Crippen LogP contribution is 2.32. The average Bonchev–Trinajstić information content (AvgIpc) is 2.71. The van der Waals surface area contributed by atoms with Crippen molar-refractivity contribution in [3.63, 3.8) is 0 Å². The van der Waals surface area contributed by atoms with Gasteiger partial charge in [-0.25, -0.2) is 10.5 Å². The maximum Gasteiger partial charge on any atom is 0.321 e. The van der Waals surface area contributed by atoms with Crippen LogP contribution in [0.15, 0.2) is 42.5 Å². The Hall–Kier alpha value is -2.28. The van der Waals surface area contributed by atoms with Crippen LogP contribution in [-0.4, -0.2) is 36.5 Å². The van der Waals surface area contributed by atoms with Gasteiger partial charge in [0.25, 0.3) is 0 Å². The molecular weight excluding hydrogens is 399 g/mol. The van der Waals surface area contributed by atoms with Crippen LogP contribution < -0.4 is 16.4 Å². The maximum atomic E-state index is 12.5. The molecule has 3 N–H and O–H groups in total. The van der Waals surface area contributed by atoms with E-state index in [1.54, 1.807) is 23.1 Å². The fourth-order valence-electron chi connectivity index (χ4n) is 3.26. The number of benzene rings is 2. The van der Waals surface area contributed by atoms with Gasteiger partial charge in [-0.1, -0.05) is 41.4 Å². The summed E-state index contributed by atoms with van der Waals surface area (Å²) < 4.78 is 0. The SMILES string of the molecule is [NH]CC(=O)Nc1ccc(C2CCN(C(=O)Nc3c(Cl)cccc3Cl)CC2)cc1. The number of para-hydroxylation sites is 1. The topological polar surface area (TPSA) is 85.2 Å². The number of likely N-dealkylation sites (tertiary alicyclic amines) is 1. The number of amides is 3. The summed E-state index contributed by atoms with van der Waals surface area (Å²) in [7, 11) is 0. The third-order valence-electron chi connectivity index (χ3n) is 4.80. The van der Waals surface area contributed by atoms with Gasteiger partial charge in [0.15, 0.2) is 0 Å². The van der Waals surface area contributed by atoms with Crippen molar-refractivity contribution >= 4 is 46.5 Å². The molecule has 3 amide bonds. The third-order valence-corrected chi connectivity index (χ3v) is 5.43. The van der Waals surface area contributed by atoms with E-state index in [4.69, 9.17) is 28.9 Å². The number of rotatable bonds is 4. The summed E-state index contributed by atoms with van der Waals surface area (Å²) >= 11 is 12.2. The fourth-order valence-corrected chi connectivity index (χ4v) is 3.75. The van der Waals surface area contributed by atoms with Crippen LogP contribution in [0, 0.1) is 0 Å². The monoisotopic (exact) mass is 419 g/mol. The van der Waals surface area contributed by atoms with Crippen LogP contribution in [0.3, 0.4) is 0 Å². The molecule has 0 saturated carbocycles. The van der Waals surface area contributed by atoms with Crippen LogP contribution in [0.1, 0.15) is 24.3 Å². The zero-order valence-electron chi connectivity index (χ0n) is 15.2. The molecule has 0 aromatic heterocycles. The molecule has 28 heavy (non-hydrogen) atoms. The molecule has 8 heteroatoms. The Labute approximate surface area is 174 Å². The third kappa shape index (κ3) is 4.95. The van der Waals surface area contributed by atoms with Crippen LogP contribution in [0.25, 0.3) is 0 Å². The summed E-state index contributed by atoms with van der Waals surface area (Å²) in [6.45, 7) is 0.980. The summed E-state index contributed by atoms with van der Waals surface area (Å²) in [4.78, 5) is 25.6. The molecule has 147 valence electrons. The average molecular weight is 420 g/mol. The van der Waals surface area contributed by atoms with Gasteiger partial charge in [0, 0.05) is 18.8 Å². The summed E-state index contributed by atoms with van der Waals surface area (Å²) in [6, 6.07) is 12.6. The Bertz CT molecular complexity index is 830. The van der Waals surface area contributed by atoms with E-state index in [1.807, 2.05) is 24.3 Å². The minimum Gasteiger partial charge on any atom is -0.325 e. The Morgan fingerprint density at radius 3 is 2.18 bits per heavy atom. The van der Waals surface area contributed by atoms with E-state index in [1.165, 1.54) is 5.56 Å². The maximum absolute atomic E-state index is 12.5. The lowest BCUT2D eigenvalue weighted by atomic mass is 9.89. The van der Waals surface area contributed by atoms with Crippen molar-refractivity contribution in [3.8, 4) is 0 Å². The fraction of sp³-hybridized carbons (Fsp3) is 0.300. The van der Waals surface area contributed by atoms with Gasteiger partial charge < -0.3 is 15.5 Å². The van der Waals surface area contributed by atoms with Crippen molar-refractivity contribution in [1.29, 1.82) is 0 Å². The number of carbonyl (C=O) groups is 2. The standard InChI is InChI=1S/C20H21Cl2N4O2/c21-16-2-1-3-17(22)19(16)25-20(28)26-10-8-14(9-11-26)13-4-6-15(7-5-13)24-18(27)12-23/h1-7,14,23H,8-12H2,(H,24,27)(H,25,28). The van der Waals surface area contributed by atoms with E-state index in [2.05, 4.69) is 10.6 Å². The first-order valence-electron chi connectivity index (χ1n) is 9.02. The molecular formula is C20H21Cl2N4O2. The lowest BCUT2D eigenvalue weighted by Gasteiger charge is -2.32. The Morgan fingerprint density at radius 1 is 1.00 bits per heavy atom. The van der Waals surface area contributed by atoms with E-state index >= 15 is 0 Å². The number of halogens is 2. The first-order valence-corrected chi connectivity index (χ1v) is 9.78. The van der Waals surface area contributed by atoms with Crippen molar-refractivity contribution < 1.29 is 9.59 Å². The van der Waals surface area contributed by atoms with Crippen molar-refractivity contribution in [3.05, 3.63) is 58.1 Å². The lowest BCUT2D eigenvalue weighted by Crippen LogP contribution is -2.40. The molecule has 2 aromatic carbocycles. The molecule has 0 atom stereocenters. The zero-order chi connectivity index (χ0) is 20.1.